The minimum atomic E-state index is -1.79. The molecule has 1 aliphatic heterocycles. The van der Waals surface area contributed by atoms with Gasteiger partial charge in [0.05, 0.1) is 5.69 Å². The second-order valence-electron chi connectivity index (χ2n) is 12.6. The zero-order valence-electron chi connectivity index (χ0n) is 28.0. The van der Waals surface area contributed by atoms with Crippen molar-refractivity contribution in [1.82, 2.24) is 30.2 Å². The molecule has 2 aromatic rings. The molecule has 2 unspecified atom stereocenters. The molecule has 3 N–H and O–H groups in total. The van der Waals surface area contributed by atoms with E-state index in [1.165, 1.54) is 29.1 Å². The maximum absolute atomic E-state index is 15.7. The lowest BCUT2D eigenvalue weighted by atomic mass is 9.89. The molecule has 0 spiro atoms. The predicted molar refractivity (Wildman–Crippen MR) is 175 cm³/mol. The fourth-order valence-corrected chi connectivity index (χ4v) is 6.33. The van der Waals surface area contributed by atoms with Crippen molar-refractivity contribution in [2.24, 2.45) is 5.92 Å². The van der Waals surface area contributed by atoms with Crippen LogP contribution in [0.5, 0.6) is 0 Å². The van der Waals surface area contributed by atoms with Crippen LogP contribution in [0.4, 0.5) is 18.9 Å². The summed E-state index contributed by atoms with van der Waals surface area (Å²) < 4.78 is 44.6. The number of carbonyl (C=O) groups excluding carboxylic acids is 4. The van der Waals surface area contributed by atoms with E-state index in [9.17, 15) is 28.0 Å². The number of anilines is 1. The smallest absolute Gasteiger partial charge is 0.270 e. The molecule has 48 heavy (non-hydrogen) atoms. The van der Waals surface area contributed by atoms with E-state index in [0.29, 0.717) is 57.5 Å². The van der Waals surface area contributed by atoms with Crippen molar-refractivity contribution in [3.8, 4) is 0 Å². The summed E-state index contributed by atoms with van der Waals surface area (Å²) in [5, 5.41) is 12.2. The monoisotopic (exact) mass is 673 g/mol. The van der Waals surface area contributed by atoms with Gasteiger partial charge in [-0.25, -0.2) is 4.39 Å². The molecule has 1 saturated heterocycles. The largest absolute Gasteiger partial charge is 0.344 e. The molecule has 0 radical (unpaired) electrons. The molecule has 11 nitrogen and oxygen atoms in total. The van der Waals surface area contributed by atoms with E-state index in [1.54, 1.807) is 31.7 Å². The molecule has 2 heterocycles. The maximum atomic E-state index is 15.7. The maximum Gasteiger partial charge on any atom is 0.270 e. The molecule has 1 aliphatic carbocycles. The molecule has 4 atom stereocenters. The van der Waals surface area contributed by atoms with Crippen molar-refractivity contribution in [3.05, 3.63) is 59.2 Å². The zero-order valence-corrected chi connectivity index (χ0v) is 28.0. The molecular weight excluding hydrogens is 627 g/mol. The summed E-state index contributed by atoms with van der Waals surface area (Å²) in [6, 6.07) is 3.48. The highest BCUT2D eigenvalue weighted by atomic mass is 19.3. The van der Waals surface area contributed by atoms with Gasteiger partial charge in [0.15, 0.2) is 0 Å². The molecule has 1 saturated carbocycles. The van der Waals surface area contributed by atoms with Crippen LogP contribution in [0, 0.1) is 11.7 Å². The Hall–Kier alpha value is -4.20. The van der Waals surface area contributed by atoms with Crippen LogP contribution in [0.25, 0.3) is 0 Å². The number of nitrogens with zero attached hydrogens (tertiary/aromatic N) is 4. The Morgan fingerprint density at radius 3 is 2.40 bits per heavy atom. The number of aryl methyl sites for hydroxylation is 1. The fourth-order valence-electron chi connectivity index (χ4n) is 6.33. The van der Waals surface area contributed by atoms with E-state index in [0.717, 1.165) is 0 Å². The van der Waals surface area contributed by atoms with E-state index in [1.807, 2.05) is 7.05 Å². The second-order valence-corrected chi connectivity index (χ2v) is 12.6. The van der Waals surface area contributed by atoms with Gasteiger partial charge in [0, 0.05) is 51.3 Å². The van der Waals surface area contributed by atoms with E-state index < -0.39 is 47.6 Å². The molecule has 2 fully saturated rings. The summed E-state index contributed by atoms with van der Waals surface area (Å²) in [6.07, 6.45) is 1.48. The van der Waals surface area contributed by atoms with Crippen LogP contribution in [0.2, 0.25) is 0 Å². The van der Waals surface area contributed by atoms with Gasteiger partial charge in [0.25, 0.3) is 12.0 Å². The molecule has 4 amide bonds. The highest BCUT2D eigenvalue weighted by Crippen LogP contribution is 2.33. The average molecular weight is 674 g/mol. The number of aromatic nitrogens is 2. The Kier molecular flexibility index (Phi) is 12.8. The van der Waals surface area contributed by atoms with Crippen LogP contribution in [0.3, 0.4) is 0 Å². The number of likely N-dealkylation sites (N-methyl/N-ethyl adjacent to an activating group) is 1. The van der Waals surface area contributed by atoms with Gasteiger partial charge in [-0.1, -0.05) is 26.3 Å². The Bertz CT molecular complexity index is 1500. The average Bonchev–Trinajstić information content (AvgIpc) is 3.43. The summed E-state index contributed by atoms with van der Waals surface area (Å²) in [6.45, 7) is 8.03. The van der Waals surface area contributed by atoms with E-state index in [2.05, 4.69) is 25.9 Å². The fraction of sp³-hybridized carbons (Fsp3) is 0.559. The van der Waals surface area contributed by atoms with Gasteiger partial charge in [-0.2, -0.15) is 13.9 Å². The lowest BCUT2D eigenvalue weighted by molar-refractivity contribution is -0.138. The zero-order chi connectivity index (χ0) is 35.0. The summed E-state index contributed by atoms with van der Waals surface area (Å²) in [5.41, 5.74) is 0.415. The first-order valence-corrected chi connectivity index (χ1v) is 16.7. The van der Waals surface area contributed by atoms with Crippen LogP contribution >= 0.6 is 0 Å². The van der Waals surface area contributed by atoms with Gasteiger partial charge in [-0.05, 0) is 74.9 Å². The van der Waals surface area contributed by atoms with Gasteiger partial charge < -0.3 is 25.8 Å². The number of benzene rings is 1. The van der Waals surface area contributed by atoms with Crippen LogP contribution in [0.15, 0.2) is 42.1 Å². The number of carbonyl (C=O) groups is 4. The minimum Gasteiger partial charge on any atom is -0.344 e. The first-order chi connectivity index (χ1) is 22.9. The molecule has 4 rings (SSSR count). The van der Waals surface area contributed by atoms with E-state index in [4.69, 9.17) is 0 Å². The summed E-state index contributed by atoms with van der Waals surface area (Å²) in [5.74, 6) is -3.94. The number of piperazine rings is 1. The van der Waals surface area contributed by atoms with Gasteiger partial charge in [-0.3, -0.25) is 23.9 Å². The number of nitrogens with one attached hydrogen (secondary N) is 3. The second kappa shape index (κ2) is 16.8. The first-order valence-electron chi connectivity index (χ1n) is 16.7. The lowest BCUT2D eigenvalue weighted by Gasteiger charge is -2.36. The number of amides is 4. The van der Waals surface area contributed by atoms with Gasteiger partial charge >= 0.3 is 0 Å². The third-order valence-electron chi connectivity index (χ3n) is 9.36. The summed E-state index contributed by atoms with van der Waals surface area (Å²) in [7, 11) is 1.97. The summed E-state index contributed by atoms with van der Waals surface area (Å²) in [4.78, 5) is 56.8. The van der Waals surface area contributed by atoms with E-state index in [-0.39, 0.29) is 48.0 Å². The van der Waals surface area contributed by atoms with Crippen molar-refractivity contribution >= 4 is 29.3 Å². The van der Waals surface area contributed by atoms with Gasteiger partial charge in [0.1, 0.15) is 23.6 Å². The molecule has 2 aliphatic rings. The highest BCUT2D eigenvalue weighted by molar-refractivity contribution is 6.00. The number of rotatable bonds is 11. The van der Waals surface area contributed by atoms with Crippen molar-refractivity contribution in [2.75, 3.05) is 38.5 Å². The third kappa shape index (κ3) is 9.03. The van der Waals surface area contributed by atoms with Crippen LogP contribution < -0.4 is 16.0 Å². The van der Waals surface area contributed by atoms with Crippen molar-refractivity contribution in [1.29, 1.82) is 0 Å². The van der Waals surface area contributed by atoms with Crippen LogP contribution in [0.1, 0.15) is 81.3 Å². The predicted octanol–water partition coefficient (Wildman–Crippen LogP) is 4.28. The third-order valence-corrected chi connectivity index (χ3v) is 9.36. The van der Waals surface area contributed by atoms with Gasteiger partial charge in [-0.15, -0.1) is 0 Å². The lowest BCUT2D eigenvalue weighted by Crippen LogP contribution is -2.55. The Balaban J connectivity index is 1.57. The number of hydrogen-bond acceptors (Lipinski definition) is 6. The SMILES string of the molecule is CCC(=O)N[C@@H](C(=O)N1CCN(C)CC1)[C@@H](C)c1ccc(NC(=O)C(NC(=O)c2ccnn2CC)C2CCCCC(=C(F)F)C2)c(F)c1. The van der Waals surface area contributed by atoms with Crippen molar-refractivity contribution < 1.29 is 32.3 Å². The number of halogens is 3. The molecule has 1 aromatic heterocycles. The first kappa shape index (κ1) is 36.6. The number of allylic oxidation sites excluding steroid dienone is 1. The molecule has 14 heteroatoms. The van der Waals surface area contributed by atoms with Gasteiger partial charge in [0.2, 0.25) is 17.7 Å². The summed E-state index contributed by atoms with van der Waals surface area (Å²) >= 11 is 0. The number of hydrogen-bond donors (Lipinski definition) is 3. The highest BCUT2D eigenvalue weighted by Gasteiger charge is 2.35. The van der Waals surface area contributed by atoms with Crippen molar-refractivity contribution in [2.45, 2.75) is 83.8 Å². The molecule has 0 bridgehead atoms. The molecule has 1 aromatic carbocycles. The minimum absolute atomic E-state index is 0.0523. The molecule has 262 valence electrons. The topological polar surface area (TPSA) is 129 Å². The normalized spacial score (nSPS) is 19.1. The van der Waals surface area contributed by atoms with Crippen LogP contribution in [-0.2, 0) is 20.9 Å². The molecular formula is C34H46F3N7O4. The Morgan fingerprint density at radius 2 is 1.75 bits per heavy atom. The van der Waals surface area contributed by atoms with Crippen molar-refractivity contribution in [3.63, 3.8) is 0 Å². The Labute approximate surface area is 279 Å². The standard InChI is InChI=1S/C34H46F3N7O4/c1-5-28(45)40-29(34(48)43-17-15-42(4)16-18-43)21(3)22-11-12-26(25(35)20-22)39-33(47)30(23-9-7-8-10-24(19-23)31(36)37)41-32(46)27-13-14-38-44(27)6-2/h11-14,20-21,23,29-30H,5-10,15-19H2,1-4H3,(H,39,47)(H,40,45)(H,41,46)/t21-,23?,29+,30?/m0/s1. The van der Waals surface area contributed by atoms with Crippen LogP contribution in [-0.4, -0.2) is 88.5 Å². The quantitative estimate of drug-likeness (QED) is 0.306. The van der Waals surface area contributed by atoms with E-state index >= 15 is 4.39 Å². The Morgan fingerprint density at radius 1 is 1.02 bits per heavy atom.